The van der Waals surface area contributed by atoms with E-state index in [-0.39, 0.29) is 17.1 Å². The standard InChI is InChI=1S/C25H20F2N6O2S/c1-32-13-17(11-28-32)15-2-7-24-21(12-29-33(24)14-15)16-8-23(20-6-3-18(26)10-22(20)27)30-25(9-16)31-36(34,35)19-4-5-19/h2-3,6-14,19H,4-5H2,1H3,(H,30,31). The lowest BCUT2D eigenvalue weighted by atomic mass is 10.0. The Labute approximate surface area is 205 Å². The monoisotopic (exact) mass is 506 g/mol. The summed E-state index contributed by atoms with van der Waals surface area (Å²) in [5.41, 5.74) is 4.13. The number of anilines is 1. The van der Waals surface area contributed by atoms with Gasteiger partial charge in [-0.2, -0.15) is 10.2 Å². The average Bonchev–Trinajstić information content (AvgIpc) is 3.49. The first-order valence-corrected chi connectivity index (χ1v) is 12.8. The van der Waals surface area contributed by atoms with Crippen molar-refractivity contribution in [2.75, 3.05) is 4.72 Å². The summed E-state index contributed by atoms with van der Waals surface area (Å²) in [7, 11) is -1.77. The van der Waals surface area contributed by atoms with Crippen molar-refractivity contribution >= 4 is 21.4 Å². The number of hydrogen-bond acceptors (Lipinski definition) is 5. The molecule has 8 nitrogen and oxygen atoms in total. The van der Waals surface area contributed by atoms with Crippen molar-refractivity contribution < 1.29 is 17.2 Å². The Hall–Kier alpha value is -4.12. The van der Waals surface area contributed by atoms with Gasteiger partial charge >= 0.3 is 0 Å². The number of halogens is 2. The molecule has 5 aromatic rings. The van der Waals surface area contributed by atoms with Crippen LogP contribution in [0.5, 0.6) is 0 Å². The van der Waals surface area contributed by atoms with Gasteiger partial charge < -0.3 is 0 Å². The van der Waals surface area contributed by atoms with Crippen LogP contribution in [0.3, 0.4) is 0 Å². The Morgan fingerprint density at radius 3 is 2.47 bits per heavy atom. The number of nitrogens with one attached hydrogen (secondary N) is 1. The zero-order chi connectivity index (χ0) is 25.0. The minimum Gasteiger partial charge on any atom is -0.275 e. The van der Waals surface area contributed by atoms with Crippen LogP contribution in [0.2, 0.25) is 0 Å². The third-order valence-corrected chi connectivity index (χ3v) is 7.95. The average molecular weight is 507 g/mol. The summed E-state index contributed by atoms with van der Waals surface area (Å²) < 4.78 is 59.3. The molecule has 0 spiro atoms. The van der Waals surface area contributed by atoms with Gasteiger partial charge in [-0.05, 0) is 48.7 Å². The highest BCUT2D eigenvalue weighted by molar-refractivity contribution is 7.93. The van der Waals surface area contributed by atoms with E-state index in [1.807, 2.05) is 31.6 Å². The fourth-order valence-corrected chi connectivity index (χ4v) is 5.45. The molecule has 0 unspecified atom stereocenters. The normalized spacial score (nSPS) is 13.9. The highest BCUT2D eigenvalue weighted by atomic mass is 32.2. The minimum atomic E-state index is -3.61. The van der Waals surface area contributed by atoms with Gasteiger partial charge in [-0.3, -0.25) is 9.40 Å². The largest absolute Gasteiger partial charge is 0.275 e. The van der Waals surface area contributed by atoms with Crippen molar-refractivity contribution in [1.29, 1.82) is 0 Å². The maximum atomic E-state index is 14.6. The molecular weight excluding hydrogens is 486 g/mol. The van der Waals surface area contributed by atoms with Crippen LogP contribution in [0.4, 0.5) is 14.6 Å². The smallest absolute Gasteiger partial charge is 0.236 e. The number of fused-ring (bicyclic) bond motifs is 1. The summed E-state index contributed by atoms with van der Waals surface area (Å²) in [5.74, 6) is -1.45. The summed E-state index contributed by atoms with van der Waals surface area (Å²) in [6.07, 6.45) is 8.35. The molecule has 1 aromatic carbocycles. The van der Waals surface area contributed by atoms with Gasteiger partial charge in [0, 0.05) is 47.8 Å². The van der Waals surface area contributed by atoms with E-state index in [0.717, 1.165) is 28.8 Å². The molecular formula is C25H20F2N6O2S. The second kappa shape index (κ2) is 8.23. The molecule has 1 fully saturated rings. The third-order valence-electron chi connectivity index (χ3n) is 6.11. The zero-order valence-electron chi connectivity index (χ0n) is 19.1. The first kappa shape index (κ1) is 22.4. The van der Waals surface area contributed by atoms with E-state index >= 15 is 0 Å². The van der Waals surface area contributed by atoms with Gasteiger partial charge in [0.25, 0.3) is 0 Å². The number of hydrogen-bond donors (Lipinski definition) is 1. The first-order valence-electron chi connectivity index (χ1n) is 11.2. The molecule has 36 heavy (non-hydrogen) atoms. The number of pyridine rings is 2. The van der Waals surface area contributed by atoms with E-state index in [9.17, 15) is 17.2 Å². The maximum absolute atomic E-state index is 14.6. The molecule has 0 atom stereocenters. The van der Waals surface area contributed by atoms with Gasteiger partial charge in [0.15, 0.2) is 0 Å². The molecule has 0 amide bonds. The van der Waals surface area contributed by atoms with Crippen LogP contribution in [0.1, 0.15) is 12.8 Å². The third kappa shape index (κ3) is 4.11. The summed E-state index contributed by atoms with van der Waals surface area (Å²) >= 11 is 0. The Balaban J connectivity index is 1.47. The summed E-state index contributed by atoms with van der Waals surface area (Å²) in [4.78, 5) is 4.35. The molecule has 1 aliphatic rings. The molecule has 0 bridgehead atoms. The van der Waals surface area contributed by atoms with Crippen molar-refractivity contribution in [3.05, 3.63) is 78.9 Å². The summed E-state index contributed by atoms with van der Waals surface area (Å²) in [6, 6.07) is 10.3. The van der Waals surface area contributed by atoms with Crippen LogP contribution >= 0.6 is 0 Å². The van der Waals surface area contributed by atoms with Gasteiger partial charge in [0.1, 0.15) is 17.5 Å². The highest BCUT2D eigenvalue weighted by Crippen LogP contribution is 2.34. The molecule has 182 valence electrons. The predicted octanol–water partition coefficient (Wildman–Crippen LogP) is 4.65. The lowest BCUT2D eigenvalue weighted by molar-refractivity contribution is 0.585. The first-order chi connectivity index (χ1) is 17.3. The Kier molecular flexibility index (Phi) is 5.11. The lowest BCUT2D eigenvalue weighted by Gasteiger charge is -2.12. The number of rotatable bonds is 6. The molecule has 1 saturated carbocycles. The number of aromatic nitrogens is 5. The van der Waals surface area contributed by atoms with Gasteiger partial charge in [0.05, 0.1) is 28.9 Å². The molecule has 6 rings (SSSR count). The zero-order valence-corrected chi connectivity index (χ0v) is 19.9. The van der Waals surface area contributed by atoms with Crippen LogP contribution in [-0.4, -0.2) is 38.0 Å². The maximum Gasteiger partial charge on any atom is 0.236 e. The fraction of sp³-hybridized carbons (Fsp3) is 0.160. The molecule has 1 aliphatic carbocycles. The highest BCUT2D eigenvalue weighted by Gasteiger charge is 2.36. The van der Waals surface area contributed by atoms with Crippen LogP contribution in [0.25, 0.3) is 39.0 Å². The van der Waals surface area contributed by atoms with Crippen molar-refractivity contribution in [3.8, 4) is 33.5 Å². The number of nitrogens with zero attached hydrogens (tertiary/aromatic N) is 5. The molecule has 4 aromatic heterocycles. The van der Waals surface area contributed by atoms with Crippen LogP contribution < -0.4 is 4.72 Å². The van der Waals surface area contributed by atoms with Crippen LogP contribution in [-0.2, 0) is 17.1 Å². The Bertz CT molecular complexity index is 1740. The van der Waals surface area contributed by atoms with E-state index in [2.05, 4.69) is 19.9 Å². The number of benzene rings is 1. The van der Waals surface area contributed by atoms with Crippen molar-refractivity contribution in [3.63, 3.8) is 0 Å². The van der Waals surface area contributed by atoms with E-state index in [0.29, 0.717) is 24.0 Å². The van der Waals surface area contributed by atoms with Crippen molar-refractivity contribution in [2.45, 2.75) is 18.1 Å². The second-order valence-electron chi connectivity index (χ2n) is 8.81. The van der Waals surface area contributed by atoms with Crippen LogP contribution in [0.15, 0.2) is 67.3 Å². The molecule has 4 heterocycles. The Morgan fingerprint density at radius 1 is 0.917 bits per heavy atom. The number of aryl methyl sites for hydroxylation is 1. The van der Waals surface area contributed by atoms with Gasteiger partial charge in [-0.1, -0.05) is 6.07 Å². The van der Waals surface area contributed by atoms with Gasteiger partial charge in [0.2, 0.25) is 10.0 Å². The van der Waals surface area contributed by atoms with E-state index < -0.39 is 26.9 Å². The van der Waals surface area contributed by atoms with E-state index in [1.165, 1.54) is 6.07 Å². The topological polar surface area (TPSA) is 94.2 Å². The summed E-state index contributed by atoms with van der Waals surface area (Å²) in [6.45, 7) is 0. The van der Waals surface area contributed by atoms with Crippen molar-refractivity contribution in [1.82, 2.24) is 24.4 Å². The fourth-order valence-electron chi connectivity index (χ4n) is 4.13. The van der Waals surface area contributed by atoms with E-state index in [1.54, 1.807) is 33.7 Å². The Morgan fingerprint density at radius 2 is 1.75 bits per heavy atom. The second-order valence-corrected chi connectivity index (χ2v) is 10.8. The quantitative estimate of drug-likeness (QED) is 0.362. The lowest BCUT2D eigenvalue weighted by Crippen LogP contribution is -2.18. The van der Waals surface area contributed by atoms with Gasteiger partial charge in [-0.15, -0.1) is 0 Å². The predicted molar refractivity (Wildman–Crippen MR) is 132 cm³/mol. The van der Waals surface area contributed by atoms with Crippen molar-refractivity contribution in [2.24, 2.45) is 7.05 Å². The van der Waals surface area contributed by atoms with Crippen LogP contribution in [0, 0.1) is 11.6 Å². The molecule has 1 N–H and O–H groups in total. The SMILES string of the molecule is Cn1cc(-c2ccc3c(-c4cc(NS(=O)(=O)C5CC5)nc(-c5ccc(F)cc5F)c4)cnn3c2)cn1. The van der Waals surface area contributed by atoms with Gasteiger partial charge in [-0.25, -0.2) is 26.7 Å². The molecule has 11 heteroatoms. The minimum absolute atomic E-state index is 0.0560. The molecule has 0 radical (unpaired) electrons. The van der Waals surface area contributed by atoms with E-state index in [4.69, 9.17) is 0 Å². The summed E-state index contributed by atoms with van der Waals surface area (Å²) in [5, 5.41) is 8.21. The molecule has 0 aliphatic heterocycles. The number of sulfonamides is 1. The molecule has 0 saturated heterocycles.